The Kier molecular flexibility index (Phi) is 5.29. The van der Waals surface area contributed by atoms with Crippen LogP contribution in [0.5, 0.6) is 5.75 Å². The maximum Gasteiger partial charge on any atom is 0.120 e. The van der Waals surface area contributed by atoms with Gasteiger partial charge in [0.2, 0.25) is 0 Å². The van der Waals surface area contributed by atoms with Crippen LogP contribution in [0.25, 0.3) is 0 Å². The number of phenols is 1. The van der Waals surface area contributed by atoms with E-state index in [4.69, 9.17) is 4.74 Å². The summed E-state index contributed by atoms with van der Waals surface area (Å²) in [7, 11) is 1.71. The average molecular weight is 223 g/mol. The lowest BCUT2D eigenvalue weighted by molar-refractivity contribution is 0.124. The Bertz CT molecular complexity index is 313. The Morgan fingerprint density at radius 1 is 1.31 bits per heavy atom. The van der Waals surface area contributed by atoms with Crippen molar-refractivity contribution in [2.75, 3.05) is 20.3 Å². The molecule has 0 bridgehead atoms. The van der Waals surface area contributed by atoms with Gasteiger partial charge in [-0.15, -0.1) is 0 Å². The van der Waals surface area contributed by atoms with Crippen LogP contribution in [0.3, 0.4) is 0 Å². The molecule has 3 nitrogen and oxygen atoms in total. The first-order chi connectivity index (χ1) is 7.65. The predicted molar refractivity (Wildman–Crippen MR) is 65.5 cm³/mol. The largest absolute Gasteiger partial charge is 0.508 e. The molecule has 0 saturated heterocycles. The van der Waals surface area contributed by atoms with E-state index in [1.54, 1.807) is 13.2 Å². The fourth-order valence-electron chi connectivity index (χ4n) is 1.59. The summed E-state index contributed by atoms with van der Waals surface area (Å²) in [6, 6.07) is 7.91. The second kappa shape index (κ2) is 6.51. The number of phenolic OH excluding ortho intramolecular Hbond substituents is 1. The Morgan fingerprint density at radius 2 is 2.00 bits per heavy atom. The molecule has 0 radical (unpaired) electrons. The number of hydrogen-bond donors (Lipinski definition) is 1. The highest BCUT2D eigenvalue weighted by Crippen LogP contribution is 2.18. The summed E-state index contributed by atoms with van der Waals surface area (Å²) in [5.41, 5.74) is 0.965. The van der Waals surface area contributed by atoms with Gasteiger partial charge in [0, 0.05) is 31.8 Å². The SMILES string of the molecule is COCCN(Cc1ccccc1O)C(C)C. The smallest absolute Gasteiger partial charge is 0.120 e. The molecule has 0 heterocycles. The van der Waals surface area contributed by atoms with Crippen LogP contribution < -0.4 is 0 Å². The molecule has 0 unspecified atom stereocenters. The average Bonchev–Trinajstić information content (AvgIpc) is 2.26. The first kappa shape index (κ1) is 13.0. The van der Waals surface area contributed by atoms with Crippen molar-refractivity contribution in [1.82, 2.24) is 4.90 Å². The Morgan fingerprint density at radius 3 is 2.56 bits per heavy atom. The fraction of sp³-hybridized carbons (Fsp3) is 0.538. The normalized spacial score (nSPS) is 11.3. The Labute approximate surface area is 97.7 Å². The van der Waals surface area contributed by atoms with E-state index in [2.05, 4.69) is 18.7 Å². The summed E-state index contributed by atoms with van der Waals surface area (Å²) in [5, 5.41) is 9.71. The molecule has 1 aromatic rings. The van der Waals surface area contributed by atoms with Crippen molar-refractivity contribution >= 4 is 0 Å². The van der Waals surface area contributed by atoms with Crippen molar-refractivity contribution in [2.45, 2.75) is 26.4 Å². The van der Waals surface area contributed by atoms with Gasteiger partial charge in [-0.25, -0.2) is 0 Å². The van der Waals surface area contributed by atoms with E-state index in [1.807, 2.05) is 18.2 Å². The van der Waals surface area contributed by atoms with Crippen LogP contribution in [0.1, 0.15) is 19.4 Å². The molecule has 90 valence electrons. The second-order valence-corrected chi connectivity index (χ2v) is 4.19. The Hall–Kier alpha value is -1.06. The van der Waals surface area contributed by atoms with Gasteiger partial charge >= 0.3 is 0 Å². The molecule has 0 fully saturated rings. The maximum absolute atomic E-state index is 9.71. The fourth-order valence-corrected chi connectivity index (χ4v) is 1.59. The number of nitrogens with zero attached hydrogens (tertiary/aromatic N) is 1. The lowest BCUT2D eigenvalue weighted by Crippen LogP contribution is -2.33. The first-order valence-electron chi connectivity index (χ1n) is 5.65. The van der Waals surface area contributed by atoms with Crippen LogP contribution in [-0.2, 0) is 11.3 Å². The number of ether oxygens (including phenoxy) is 1. The van der Waals surface area contributed by atoms with Crippen molar-refractivity contribution in [2.24, 2.45) is 0 Å². The molecule has 3 heteroatoms. The number of methoxy groups -OCH3 is 1. The highest BCUT2D eigenvalue weighted by molar-refractivity contribution is 5.31. The summed E-state index contributed by atoms with van der Waals surface area (Å²) < 4.78 is 5.09. The zero-order valence-corrected chi connectivity index (χ0v) is 10.3. The zero-order valence-electron chi connectivity index (χ0n) is 10.3. The summed E-state index contributed by atoms with van der Waals surface area (Å²) >= 11 is 0. The van der Waals surface area contributed by atoms with Crippen molar-refractivity contribution in [1.29, 1.82) is 0 Å². The third kappa shape index (κ3) is 3.83. The van der Waals surface area contributed by atoms with Crippen LogP contribution in [0.2, 0.25) is 0 Å². The Balaban J connectivity index is 2.64. The molecule has 0 aromatic heterocycles. The quantitative estimate of drug-likeness (QED) is 0.803. The lowest BCUT2D eigenvalue weighted by atomic mass is 10.1. The molecule has 0 atom stereocenters. The van der Waals surface area contributed by atoms with Crippen LogP contribution in [0.15, 0.2) is 24.3 Å². The van der Waals surface area contributed by atoms with Crippen molar-refractivity contribution in [3.8, 4) is 5.75 Å². The molecule has 0 amide bonds. The number of aromatic hydroxyl groups is 1. The van der Waals surface area contributed by atoms with Gasteiger partial charge in [0.05, 0.1) is 6.61 Å². The van der Waals surface area contributed by atoms with E-state index in [9.17, 15) is 5.11 Å². The molecule has 1 rings (SSSR count). The first-order valence-corrected chi connectivity index (χ1v) is 5.65. The molecule has 1 N–H and O–H groups in total. The molecule has 1 aromatic carbocycles. The van der Waals surface area contributed by atoms with E-state index < -0.39 is 0 Å². The maximum atomic E-state index is 9.71. The number of rotatable bonds is 6. The minimum atomic E-state index is 0.366. The van der Waals surface area contributed by atoms with E-state index in [0.29, 0.717) is 18.4 Å². The molecular weight excluding hydrogens is 202 g/mol. The zero-order chi connectivity index (χ0) is 12.0. The summed E-state index contributed by atoms with van der Waals surface area (Å²) in [5.74, 6) is 0.366. The van der Waals surface area contributed by atoms with Gasteiger partial charge in [0.1, 0.15) is 5.75 Å². The number of benzene rings is 1. The molecular formula is C13H21NO2. The highest BCUT2D eigenvalue weighted by Gasteiger charge is 2.11. The van der Waals surface area contributed by atoms with Gasteiger partial charge in [-0.1, -0.05) is 18.2 Å². The number of hydrogen-bond acceptors (Lipinski definition) is 3. The van der Waals surface area contributed by atoms with Gasteiger partial charge in [-0.2, -0.15) is 0 Å². The van der Waals surface area contributed by atoms with Gasteiger partial charge in [0.15, 0.2) is 0 Å². The van der Waals surface area contributed by atoms with E-state index in [1.165, 1.54) is 0 Å². The predicted octanol–water partition coefficient (Wildman–Crippen LogP) is 2.25. The van der Waals surface area contributed by atoms with Crippen LogP contribution in [0, 0.1) is 0 Å². The minimum Gasteiger partial charge on any atom is -0.508 e. The third-order valence-corrected chi connectivity index (χ3v) is 2.68. The van der Waals surface area contributed by atoms with E-state index in [0.717, 1.165) is 18.7 Å². The van der Waals surface area contributed by atoms with Crippen LogP contribution >= 0.6 is 0 Å². The summed E-state index contributed by atoms with van der Waals surface area (Å²) in [6.45, 7) is 6.65. The van der Waals surface area contributed by atoms with E-state index >= 15 is 0 Å². The van der Waals surface area contributed by atoms with Crippen LogP contribution in [0.4, 0.5) is 0 Å². The van der Waals surface area contributed by atoms with Gasteiger partial charge in [-0.3, -0.25) is 4.90 Å². The van der Waals surface area contributed by atoms with Crippen molar-refractivity contribution in [3.63, 3.8) is 0 Å². The molecule has 16 heavy (non-hydrogen) atoms. The van der Waals surface area contributed by atoms with Crippen LogP contribution in [-0.4, -0.2) is 36.3 Å². The molecule has 0 aliphatic rings. The van der Waals surface area contributed by atoms with Gasteiger partial charge in [0.25, 0.3) is 0 Å². The summed E-state index contributed by atoms with van der Waals surface area (Å²) in [4.78, 5) is 2.28. The number of para-hydroxylation sites is 1. The third-order valence-electron chi connectivity index (χ3n) is 2.68. The van der Waals surface area contributed by atoms with Gasteiger partial charge < -0.3 is 9.84 Å². The van der Waals surface area contributed by atoms with E-state index in [-0.39, 0.29) is 0 Å². The molecule has 0 aliphatic carbocycles. The second-order valence-electron chi connectivity index (χ2n) is 4.19. The lowest BCUT2D eigenvalue weighted by Gasteiger charge is -2.26. The minimum absolute atomic E-state index is 0.366. The monoisotopic (exact) mass is 223 g/mol. The topological polar surface area (TPSA) is 32.7 Å². The standard InChI is InChI=1S/C13H21NO2/c1-11(2)14(8-9-16-3)10-12-6-4-5-7-13(12)15/h4-7,11,15H,8-10H2,1-3H3. The molecule has 0 aliphatic heterocycles. The van der Waals surface area contributed by atoms with Crippen molar-refractivity contribution in [3.05, 3.63) is 29.8 Å². The van der Waals surface area contributed by atoms with Gasteiger partial charge in [-0.05, 0) is 19.9 Å². The van der Waals surface area contributed by atoms with Crippen molar-refractivity contribution < 1.29 is 9.84 Å². The highest BCUT2D eigenvalue weighted by atomic mass is 16.5. The molecule has 0 saturated carbocycles. The summed E-state index contributed by atoms with van der Waals surface area (Å²) in [6.07, 6.45) is 0. The molecule has 0 spiro atoms.